The molecule has 4 aromatic carbocycles. The first-order valence-electron chi connectivity index (χ1n) is 13.6. The van der Waals surface area contributed by atoms with Crippen molar-refractivity contribution in [3.05, 3.63) is 137 Å². The average Bonchev–Trinajstić information content (AvgIpc) is 3.00. The van der Waals surface area contributed by atoms with Gasteiger partial charge in [0, 0.05) is 5.69 Å². The fourth-order valence-corrected chi connectivity index (χ4v) is 4.92. The number of anilines is 1. The zero-order valence-corrected chi connectivity index (χ0v) is 23.1. The smallest absolute Gasteiger partial charge is 0.337 e. The van der Waals surface area contributed by atoms with Gasteiger partial charge in [0.15, 0.2) is 0 Å². The summed E-state index contributed by atoms with van der Waals surface area (Å²) in [5, 5.41) is 6.71. The zero-order valence-electron chi connectivity index (χ0n) is 23.1. The maximum Gasteiger partial charge on any atom is 0.337 e. The summed E-state index contributed by atoms with van der Waals surface area (Å²) < 4.78 is 4.71. The molecule has 0 radical (unpaired) electrons. The molecule has 0 saturated heterocycles. The van der Waals surface area contributed by atoms with Crippen LogP contribution < -0.4 is 16.4 Å². The highest BCUT2D eigenvalue weighted by Crippen LogP contribution is 2.37. The summed E-state index contributed by atoms with van der Waals surface area (Å²) in [6, 6.07) is 35.6. The lowest BCUT2D eigenvalue weighted by atomic mass is 9.76. The number of nitrogens with two attached hydrogens (primary N) is 1. The summed E-state index contributed by atoms with van der Waals surface area (Å²) in [5.41, 5.74) is 11.4. The van der Waals surface area contributed by atoms with Crippen molar-refractivity contribution >= 4 is 17.6 Å². The number of aryl methyl sites for hydroxylation is 1. The van der Waals surface area contributed by atoms with Gasteiger partial charge in [0.25, 0.3) is 0 Å². The molecule has 0 unspecified atom stereocenters. The standard InChI is InChI=1S/C34H37N3O3/c1-25-16-20-29(21-17-25)34(27-11-5-3-6-12-27,28-13-7-4-8-14-28)36-24-10-9-15-31(35)32(38)37-30-22-18-26(19-23-30)33(39)40-2/h3-8,11-14,16-23,31,36H,9-10,15,24,35H2,1-2H3,(H,37,38)/t31-/m0/s1. The van der Waals surface area contributed by atoms with Crippen LogP contribution >= 0.6 is 0 Å². The van der Waals surface area contributed by atoms with E-state index in [4.69, 9.17) is 10.5 Å². The van der Waals surface area contributed by atoms with Crippen LogP contribution in [-0.4, -0.2) is 31.6 Å². The highest BCUT2D eigenvalue weighted by atomic mass is 16.5. The molecular formula is C34H37N3O3. The number of carbonyl (C=O) groups is 2. The summed E-state index contributed by atoms with van der Waals surface area (Å²) in [7, 11) is 1.33. The van der Waals surface area contributed by atoms with Crippen LogP contribution in [0.3, 0.4) is 0 Å². The van der Waals surface area contributed by atoms with Gasteiger partial charge < -0.3 is 15.8 Å². The van der Waals surface area contributed by atoms with E-state index in [0.29, 0.717) is 17.7 Å². The van der Waals surface area contributed by atoms with Crippen LogP contribution in [0.2, 0.25) is 0 Å². The number of hydrogen-bond donors (Lipinski definition) is 3. The summed E-state index contributed by atoms with van der Waals surface area (Å²) in [6.45, 7) is 2.84. The number of unbranched alkanes of at least 4 members (excludes halogenated alkanes) is 1. The molecule has 0 heterocycles. The molecular weight excluding hydrogens is 498 g/mol. The molecule has 0 saturated carbocycles. The van der Waals surface area contributed by atoms with Gasteiger partial charge in [-0.25, -0.2) is 4.79 Å². The lowest BCUT2D eigenvalue weighted by molar-refractivity contribution is -0.117. The average molecular weight is 536 g/mol. The lowest BCUT2D eigenvalue weighted by Crippen LogP contribution is -2.45. The van der Waals surface area contributed by atoms with E-state index in [2.05, 4.69) is 90.4 Å². The van der Waals surface area contributed by atoms with Crippen molar-refractivity contribution in [1.82, 2.24) is 5.32 Å². The molecule has 0 aliphatic carbocycles. The van der Waals surface area contributed by atoms with Crippen LogP contribution in [-0.2, 0) is 15.1 Å². The zero-order chi connectivity index (χ0) is 28.4. The van der Waals surface area contributed by atoms with E-state index in [1.165, 1.54) is 29.4 Å². The van der Waals surface area contributed by atoms with Gasteiger partial charge in [-0.3, -0.25) is 10.1 Å². The monoisotopic (exact) mass is 535 g/mol. The van der Waals surface area contributed by atoms with Crippen LogP contribution in [0.4, 0.5) is 5.69 Å². The lowest BCUT2D eigenvalue weighted by Gasteiger charge is -2.37. The summed E-state index contributed by atoms with van der Waals surface area (Å²) in [4.78, 5) is 24.3. The molecule has 1 amide bonds. The molecule has 0 fully saturated rings. The first-order valence-corrected chi connectivity index (χ1v) is 13.6. The second-order valence-electron chi connectivity index (χ2n) is 9.94. The first kappa shape index (κ1) is 28.7. The number of benzene rings is 4. The van der Waals surface area contributed by atoms with Gasteiger partial charge in [0.2, 0.25) is 5.91 Å². The topological polar surface area (TPSA) is 93.5 Å². The van der Waals surface area contributed by atoms with E-state index < -0.39 is 17.6 Å². The van der Waals surface area contributed by atoms with Crippen molar-refractivity contribution in [3.8, 4) is 0 Å². The van der Waals surface area contributed by atoms with Gasteiger partial charge in [-0.2, -0.15) is 0 Å². The van der Waals surface area contributed by atoms with Gasteiger partial charge in [0.1, 0.15) is 0 Å². The predicted molar refractivity (Wildman–Crippen MR) is 160 cm³/mol. The minimum absolute atomic E-state index is 0.249. The fraction of sp³-hybridized carbons (Fsp3) is 0.235. The number of ether oxygens (including phenoxy) is 1. The largest absolute Gasteiger partial charge is 0.465 e. The van der Waals surface area contributed by atoms with Gasteiger partial charge in [0.05, 0.1) is 24.3 Å². The van der Waals surface area contributed by atoms with Crippen molar-refractivity contribution in [3.63, 3.8) is 0 Å². The second kappa shape index (κ2) is 13.7. The van der Waals surface area contributed by atoms with Crippen LogP contribution in [0.15, 0.2) is 109 Å². The minimum atomic E-state index is -0.634. The number of amides is 1. The van der Waals surface area contributed by atoms with Crippen LogP contribution in [0.5, 0.6) is 0 Å². The van der Waals surface area contributed by atoms with E-state index in [1.54, 1.807) is 24.3 Å². The SMILES string of the molecule is COC(=O)c1ccc(NC(=O)[C@@H](N)CCCCNC(c2ccccc2)(c2ccccc2)c2ccc(C)cc2)cc1. The van der Waals surface area contributed by atoms with E-state index in [1.807, 2.05) is 12.1 Å². The molecule has 6 nitrogen and oxygen atoms in total. The Kier molecular flexibility index (Phi) is 9.84. The van der Waals surface area contributed by atoms with E-state index >= 15 is 0 Å². The van der Waals surface area contributed by atoms with E-state index in [-0.39, 0.29) is 5.91 Å². The molecule has 4 aromatic rings. The predicted octanol–water partition coefficient (Wildman–Crippen LogP) is 5.80. The number of esters is 1. The van der Waals surface area contributed by atoms with Gasteiger partial charge in [-0.05, 0) is 67.3 Å². The van der Waals surface area contributed by atoms with Gasteiger partial charge in [-0.1, -0.05) is 96.9 Å². The maximum absolute atomic E-state index is 12.6. The Balaban J connectivity index is 1.41. The van der Waals surface area contributed by atoms with Crippen molar-refractivity contribution in [2.24, 2.45) is 5.73 Å². The fourth-order valence-electron chi connectivity index (χ4n) is 4.92. The van der Waals surface area contributed by atoms with Crippen LogP contribution in [0.25, 0.3) is 0 Å². The Labute approximate surface area is 236 Å². The van der Waals surface area contributed by atoms with Gasteiger partial charge >= 0.3 is 5.97 Å². The molecule has 40 heavy (non-hydrogen) atoms. The molecule has 0 bridgehead atoms. The van der Waals surface area contributed by atoms with Crippen molar-refractivity contribution < 1.29 is 14.3 Å². The Morgan fingerprint density at radius 1 is 0.775 bits per heavy atom. The Hall–Kier alpha value is -4.26. The maximum atomic E-state index is 12.6. The van der Waals surface area contributed by atoms with Crippen molar-refractivity contribution in [1.29, 1.82) is 0 Å². The number of nitrogens with one attached hydrogen (secondary N) is 2. The highest BCUT2D eigenvalue weighted by Gasteiger charge is 2.35. The molecule has 6 heteroatoms. The molecule has 0 aliphatic heterocycles. The quantitative estimate of drug-likeness (QED) is 0.121. The van der Waals surface area contributed by atoms with Crippen molar-refractivity contribution in [2.45, 2.75) is 37.8 Å². The molecule has 206 valence electrons. The number of hydrogen-bond acceptors (Lipinski definition) is 5. The summed E-state index contributed by atoms with van der Waals surface area (Å²) in [5.74, 6) is -0.671. The minimum Gasteiger partial charge on any atom is -0.465 e. The number of methoxy groups -OCH3 is 1. The Morgan fingerprint density at radius 3 is 1.88 bits per heavy atom. The van der Waals surface area contributed by atoms with Crippen molar-refractivity contribution in [2.75, 3.05) is 19.0 Å². The third kappa shape index (κ3) is 6.84. The van der Waals surface area contributed by atoms with Crippen LogP contribution in [0.1, 0.15) is 51.9 Å². The Bertz CT molecular complexity index is 1330. The molecule has 0 spiro atoms. The molecule has 1 atom stereocenters. The third-order valence-electron chi connectivity index (χ3n) is 7.14. The Morgan fingerprint density at radius 2 is 1.32 bits per heavy atom. The molecule has 0 aliphatic rings. The van der Waals surface area contributed by atoms with Gasteiger partial charge in [-0.15, -0.1) is 0 Å². The van der Waals surface area contributed by atoms with E-state index in [9.17, 15) is 9.59 Å². The second-order valence-corrected chi connectivity index (χ2v) is 9.94. The third-order valence-corrected chi connectivity index (χ3v) is 7.14. The number of rotatable bonds is 12. The summed E-state index contributed by atoms with van der Waals surface area (Å²) >= 11 is 0. The van der Waals surface area contributed by atoms with E-state index in [0.717, 1.165) is 19.4 Å². The molecule has 0 aromatic heterocycles. The van der Waals surface area contributed by atoms with Crippen LogP contribution in [0, 0.1) is 6.92 Å². The highest BCUT2D eigenvalue weighted by molar-refractivity contribution is 5.95. The summed E-state index contributed by atoms with van der Waals surface area (Å²) in [6.07, 6.45) is 2.19. The normalized spacial score (nSPS) is 12.0. The number of carbonyl (C=O) groups excluding carboxylic acids is 2. The first-order chi connectivity index (χ1) is 19.4. The molecule has 4 rings (SSSR count). The molecule has 4 N–H and O–H groups in total.